The molecule has 0 atom stereocenters. The summed E-state index contributed by atoms with van der Waals surface area (Å²) in [6.45, 7) is 6.33. The van der Waals surface area contributed by atoms with Crippen LogP contribution in [0.15, 0.2) is 17.4 Å². The van der Waals surface area contributed by atoms with Crippen LogP contribution in [0.3, 0.4) is 0 Å². The quantitative estimate of drug-likeness (QED) is 0.650. The molecule has 0 radical (unpaired) electrons. The van der Waals surface area contributed by atoms with E-state index in [0.717, 1.165) is 28.9 Å². The van der Waals surface area contributed by atoms with Crippen molar-refractivity contribution in [1.29, 1.82) is 0 Å². The first-order valence-corrected chi connectivity index (χ1v) is 8.97. The van der Waals surface area contributed by atoms with Crippen molar-refractivity contribution in [3.63, 3.8) is 0 Å². The van der Waals surface area contributed by atoms with Crippen molar-refractivity contribution in [2.24, 2.45) is 12.0 Å². The fourth-order valence-corrected chi connectivity index (χ4v) is 3.78. The lowest BCUT2D eigenvalue weighted by Crippen LogP contribution is -2.55. The molecule has 2 aromatic heterocycles. The van der Waals surface area contributed by atoms with Crippen molar-refractivity contribution in [2.45, 2.75) is 20.4 Å². The summed E-state index contributed by atoms with van der Waals surface area (Å²) in [6.07, 6.45) is 3.57. The number of aliphatic imine (C=N–C) groups is 1. The number of carbonyl (C=O) groups is 1. The molecular weight excluding hydrogens is 338 g/mol. The number of piperazine rings is 1. The van der Waals surface area contributed by atoms with Crippen LogP contribution >= 0.6 is 11.3 Å². The molecule has 134 valence electrons. The Bertz CT molecular complexity index is 794. The van der Waals surface area contributed by atoms with Gasteiger partial charge in [-0.05, 0) is 13.8 Å². The number of rotatable bonds is 3. The van der Waals surface area contributed by atoms with Gasteiger partial charge in [0, 0.05) is 38.3 Å². The maximum Gasteiger partial charge on any atom is 0.246 e. The van der Waals surface area contributed by atoms with Crippen molar-refractivity contribution in [2.75, 3.05) is 31.6 Å². The van der Waals surface area contributed by atoms with Crippen LogP contribution in [0.5, 0.6) is 0 Å². The second kappa shape index (κ2) is 7.22. The maximum absolute atomic E-state index is 12.5. The maximum atomic E-state index is 12.5. The predicted octanol–water partition coefficient (Wildman–Crippen LogP) is 0.918. The highest BCUT2D eigenvalue weighted by Gasteiger charge is 2.27. The molecule has 3 heterocycles. The van der Waals surface area contributed by atoms with Crippen LogP contribution in [0.1, 0.15) is 15.6 Å². The number of aromatic nitrogens is 3. The van der Waals surface area contributed by atoms with E-state index in [0.29, 0.717) is 19.6 Å². The summed E-state index contributed by atoms with van der Waals surface area (Å²) in [5.74, 6) is 0.789. The summed E-state index contributed by atoms with van der Waals surface area (Å²) in [7, 11) is 3.59. The van der Waals surface area contributed by atoms with Gasteiger partial charge in [0.2, 0.25) is 5.91 Å². The molecule has 0 spiro atoms. The molecule has 3 rings (SSSR count). The molecule has 1 aliphatic heterocycles. The second-order valence-electron chi connectivity index (χ2n) is 5.98. The molecule has 1 saturated heterocycles. The summed E-state index contributed by atoms with van der Waals surface area (Å²) in [5, 5.41) is 8.55. The Hall–Kier alpha value is -2.42. The van der Waals surface area contributed by atoms with Crippen LogP contribution in [0.4, 0.5) is 5.69 Å². The normalized spacial score (nSPS) is 15.8. The Morgan fingerprint density at radius 2 is 2.20 bits per heavy atom. The van der Waals surface area contributed by atoms with Crippen molar-refractivity contribution in [1.82, 2.24) is 25.0 Å². The van der Waals surface area contributed by atoms with Crippen LogP contribution < -0.4 is 10.2 Å². The molecule has 0 unspecified atom stereocenters. The predicted molar refractivity (Wildman–Crippen MR) is 98.9 cm³/mol. The largest absolute Gasteiger partial charge is 0.351 e. The van der Waals surface area contributed by atoms with Crippen LogP contribution in [0.2, 0.25) is 0 Å². The van der Waals surface area contributed by atoms with Gasteiger partial charge in [-0.15, -0.1) is 11.3 Å². The molecule has 0 aliphatic carbocycles. The summed E-state index contributed by atoms with van der Waals surface area (Å²) in [4.78, 5) is 26.2. The number of amides is 1. The monoisotopic (exact) mass is 361 g/mol. The molecule has 1 N–H and O–H groups in total. The van der Waals surface area contributed by atoms with Gasteiger partial charge in [0.1, 0.15) is 6.54 Å². The number of guanidine groups is 1. The average Bonchev–Trinajstić information content (AvgIpc) is 3.13. The van der Waals surface area contributed by atoms with E-state index in [-0.39, 0.29) is 5.91 Å². The minimum atomic E-state index is 0.0482. The highest BCUT2D eigenvalue weighted by molar-refractivity contribution is 7.11. The Morgan fingerprint density at radius 1 is 1.40 bits per heavy atom. The highest BCUT2D eigenvalue weighted by Crippen LogP contribution is 2.18. The lowest BCUT2D eigenvalue weighted by molar-refractivity contribution is -0.120. The van der Waals surface area contributed by atoms with E-state index in [4.69, 9.17) is 0 Å². The lowest BCUT2D eigenvalue weighted by atomic mass is 10.3. The topological polar surface area (TPSA) is 78.7 Å². The third-order valence-electron chi connectivity index (χ3n) is 4.14. The summed E-state index contributed by atoms with van der Waals surface area (Å²) in [5.41, 5.74) is 1.88. The fraction of sp³-hybridized carbons (Fsp3) is 0.500. The fourth-order valence-electron chi connectivity index (χ4n) is 2.90. The summed E-state index contributed by atoms with van der Waals surface area (Å²) >= 11 is 1.68. The Kier molecular flexibility index (Phi) is 5.03. The van der Waals surface area contributed by atoms with Gasteiger partial charge < -0.3 is 15.1 Å². The third kappa shape index (κ3) is 3.81. The van der Waals surface area contributed by atoms with Crippen LogP contribution in [0.25, 0.3) is 0 Å². The number of anilines is 1. The molecule has 1 fully saturated rings. The van der Waals surface area contributed by atoms with Crippen molar-refractivity contribution in [3.8, 4) is 0 Å². The molecule has 8 nitrogen and oxygen atoms in total. The van der Waals surface area contributed by atoms with E-state index < -0.39 is 0 Å². The average molecular weight is 361 g/mol. The minimum absolute atomic E-state index is 0.0482. The zero-order chi connectivity index (χ0) is 18.0. The first kappa shape index (κ1) is 17.4. The number of hydrogen-bond acceptors (Lipinski definition) is 5. The Labute approximate surface area is 151 Å². The molecule has 1 amide bonds. The van der Waals surface area contributed by atoms with E-state index in [1.807, 2.05) is 32.0 Å². The number of hydrogen-bond donors (Lipinski definition) is 1. The molecule has 9 heteroatoms. The smallest absolute Gasteiger partial charge is 0.246 e. The summed E-state index contributed by atoms with van der Waals surface area (Å²) < 4.78 is 1.70. The summed E-state index contributed by atoms with van der Waals surface area (Å²) in [6, 6.07) is 0. The van der Waals surface area contributed by atoms with Crippen LogP contribution in [0, 0.1) is 13.8 Å². The number of aryl methyl sites for hydroxylation is 3. The van der Waals surface area contributed by atoms with Gasteiger partial charge in [-0.3, -0.25) is 14.5 Å². The first-order chi connectivity index (χ1) is 12.0. The molecule has 1 aliphatic rings. The van der Waals surface area contributed by atoms with Gasteiger partial charge in [-0.1, -0.05) is 0 Å². The van der Waals surface area contributed by atoms with E-state index in [1.165, 1.54) is 4.88 Å². The number of carbonyl (C=O) groups excluding carboxylic acids is 1. The second-order valence-corrected chi connectivity index (χ2v) is 7.27. The standard InChI is InChI=1S/C16H23N7OS/c1-11-14(25-12(2)20-11)8-18-16(17-3)22-5-6-23(15(24)10-22)13-7-19-21(4)9-13/h7,9H,5-6,8,10H2,1-4H3,(H,17,18). The zero-order valence-electron chi connectivity index (χ0n) is 15.0. The van der Waals surface area contributed by atoms with Gasteiger partial charge in [0.15, 0.2) is 5.96 Å². The first-order valence-electron chi connectivity index (χ1n) is 8.15. The Morgan fingerprint density at radius 3 is 2.76 bits per heavy atom. The minimum Gasteiger partial charge on any atom is -0.351 e. The Balaban J connectivity index is 1.61. The molecule has 25 heavy (non-hydrogen) atoms. The van der Waals surface area contributed by atoms with Gasteiger partial charge in [-0.2, -0.15) is 5.10 Å². The number of thiazole rings is 1. The molecule has 0 bridgehead atoms. The molecule has 0 aromatic carbocycles. The highest BCUT2D eigenvalue weighted by atomic mass is 32.1. The number of nitrogens with zero attached hydrogens (tertiary/aromatic N) is 6. The molecule has 0 saturated carbocycles. The number of nitrogens with one attached hydrogen (secondary N) is 1. The van der Waals surface area contributed by atoms with E-state index in [1.54, 1.807) is 34.2 Å². The van der Waals surface area contributed by atoms with E-state index in [9.17, 15) is 4.79 Å². The lowest BCUT2D eigenvalue weighted by Gasteiger charge is -2.35. The van der Waals surface area contributed by atoms with Gasteiger partial charge in [0.25, 0.3) is 0 Å². The van der Waals surface area contributed by atoms with Gasteiger partial charge in [-0.25, -0.2) is 4.98 Å². The molecular formula is C16H23N7OS. The van der Waals surface area contributed by atoms with Crippen molar-refractivity contribution >= 4 is 28.9 Å². The molecule has 2 aromatic rings. The van der Waals surface area contributed by atoms with E-state index >= 15 is 0 Å². The van der Waals surface area contributed by atoms with Crippen molar-refractivity contribution in [3.05, 3.63) is 28.0 Å². The third-order valence-corrected chi connectivity index (χ3v) is 5.21. The van der Waals surface area contributed by atoms with Crippen LogP contribution in [-0.2, 0) is 18.4 Å². The zero-order valence-corrected chi connectivity index (χ0v) is 15.8. The van der Waals surface area contributed by atoms with Gasteiger partial charge >= 0.3 is 0 Å². The van der Waals surface area contributed by atoms with Crippen LogP contribution in [-0.4, -0.2) is 58.2 Å². The SMILES string of the molecule is CN=C(NCc1sc(C)nc1C)N1CCN(c2cnn(C)c2)C(=O)C1. The van der Waals surface area contributed by atoms with E-state index in [2.05, 4.69) is 20.4 Å². The van der Waals surface area contributed by atoms with Gasteiger partial charge in [0.05, 0.1) is 29.1 Å². The van der Waals surface area contributed by atoms with Crippen molar-refractivity contribution < 1.29 is 4.79 Å².